The lowest BCUT2D eigenvalue weighted by Gasteiger charge is -2.11. The molecule has 5 heteroatoms. The molecule has 2 aliphatic rings. The highest BCUT2D eigenvalue weighted by molar-refractivity contribution is 6.04. The number of aryl methyl sites for hydroxylation is 1. The first kappa shape index (κ1) is 14.5. The molecule has 2 aromatic rings. The summed E-state index contributed by atoms with van der Waals surface area (Å²) in [6, 6.07) is 14.3. The van der Waals surface area contributed by atoms with Crippen molar-refractivity contribution in [2.45, 2.75) is 6.92 Å². The van der Waals surface area contributed by atoms with Crippen LogP contribution in [0.25, 0.3) is 22.0 Å². The Morgan fingerprint density at radius 2 is 1.79 bits per heavy atom. The monoisotopic (exact) mass is 321 g/mol. The summed E-state index contributed by atoms with van der Waals surface area (Å²) in [4.78, 5) is 0. The Labute approximate surface area is 139 Å². The van der Waals surface area contributed by atoms with E-state index in [-0.39, 0.29) is 0 Å². The highest BCUT2D eigenvalue weighted by Gasteiger charge is 2.18. The average molecular weight is 321 g/mol. The first-order valence-electron chi connectivity index (χ1n) is 7.78. The van der Waals surface area contributed by atoms with Gasteiger partial charge >= 0.3 is 0 Å². The molecular formula is C19H19N3O2. The van der Waals surface area contributed by atoms with Gasteiger partial charge in [0.2, 0.25) is 0 Å². The molecule has 4 rings (SSSR count). The molecule has 0 spiro atoms. The Balaban J connectivity index is 1.77. The number of nitrogens with one attached hydrogen (secondary N) is 3. The minimum Gasteiger partial charge on any atom is -0.497 e. The van der Waals surface area contributed by atoms with Gasteiger partial charge in [-0.05, 0) is 36.6 Å². The Kier molecular flexibility index (Phi) is 3.34. The predicted octanol–water partition coefficient (Wildman–Crippen LogP) is 4.67. The first-order valence-corrected chi connectivity index (χ1v) is 7.78. The number of methoxy groups -OCH3 is 2. The number of fused-ring (bicyclic) bond motifs is 3. The van der Waals surface area contributed by atoms with Crippen molar-refractivity contribution in [3.8, 4) is 22.8 Å². The summed E-state index contributed by atoms with van der Waals surface area (Å²) in [7, 11) is 3.31. The third kappa shape index (κ3) is 2.25. The van der Waals surface area contributed by atoms with E-state index in [0.717, 1.165) is 34.3 Å². The van der Waals surface area contributed by atoms with Crippen molar-refractivity contribution in [1.82, 2.24) is 10.2 Å². The Hall–Kier alpha value is -3.08. The van der Waals surface area contributed by atoms with Crippen LogP contribution < -0.4 is 14.8 Å². The summed E-state index contributed by atoms with van der Waals surface area (Å²) in [5, 5.41) is 12.3. The summed E-state index contributed by atoms with van der Waals surface area (Å²) in [5.74, 6) is 2.42. The fourth-order valence-corrected chi connectivity index (χ4v) is 3.05. The smallest absolute Gasteiger partial charge is 0.142 e. The summed E-state index contributed by atoms with van der Waals surface area (Å²) in [6.07, 6.45) is 0. The summed E-state index contributed by atoms with van der Waals surface area (Å²) in [6.45, 7) is 2.10. The van der Waals surface area contributed by atoms with Crippen molar-refractivity contribution in [2.24, 2.45) is 0 Å². The molecule has 0 unspecified atom stereocenters. The molecule has 5 nitrogen and oxygen atoms in total. The Morgan fingerprint density at radius 1 is 0.917 bits per heavy atom. The number of hydrogen-bond donors (Lipinski definition) is 3. The van der Waals surface area contributed by atoms with Gasteiger partial charge < -0.3 is 14.8 Å². The fraction of sp³-hybridized carbons (Fsp3) is 0.158. The summed E-state index contributed by atoms with van der Waals surface area (Å²) >= 11 is 0. The second kappa shape index (κ2) is 5.53. The van der Waals surface area contributed by atoms with Gasteiger partial charge in [-0.1, -0.05) is 17.7 Å². The number of aromatic amines is 2. The molecule has 1 aliphatic carbocycles. The molecule has 0 atom stereocenters. The van der Waals surface area contributed by atoms with Gasteiger partial charge in [-0.3, -0.25) is 10.2 Å². The second-order valence-electron chi connectivity index (χ2n) is 5.84. The Bertz CT molecular complexity index is 984. The number of ether oxygens (including phenoxy) is 2. The van der Waals surface area contributed by atoms with Crippen molar-refractivity contribution >= 4 is 22.3 Å². The van der Waals surface area contributed by atoms with Crippen LogP contribution in [0.2, 0.25) is 0 Å². The van der Waals surface area contributed by atoms with Gasteiger partial charge in [0.1, 0.15) is 17.3 Å². The van der Waals surface area contributed by atoms with Gasteiger partial charge in [-0.25, -0.2) is 0 Å². The summed E-state index contributed by atoms with van der Waals surface area (Å²) < 4.78 is 10.7. The number of rotatable bonds is 4. The van der Waals surface area contributed by atoms with Crippen LogP contribution in [0.15, 0.2) is 42.5 Å². The maximum Gasteiger partial charge on any atom is 0.142 e. The zero-order valence-corrected chi connectivity index (χ0v) is 13.9. The highest BCUT2D eigenvalue weighted by atomic mass is 16.5. The average Bonchev–Trinajstić information content (AvgIpc) is 3.15. The van der Waals surface area contributed by atoms with Crippen LogP contribution in [-0.2, 0) is 0 Å². The molecule has 0 saturated heterocycles. The largest absolute Gasteiger partial charge is 0.497 e. The van der Waals surface area contributed by atoms with E-state index in [9.17, 15) is 0 Å². The molecule has 0 saturated carbocycles. The molecule has 1 heterocycles. The number of anilines is 2. The molecule has 2 aromatic carbocycles. The zero-order valence-electron chi connectivity index (χ0n) is 13.9. The lowest BCUT2D eigenvalue weighted by atomic mass is 10.1. The van der Waals surface area contributed by atoms with Gasteiger partial charge in [-0.2, -0.15) is 0 Å². The van der Waals surface area contributed by atoms with Gasteiger partial charge in [0, 0.05) is 17.0 Å². The third-order valence-corrected chi connectivity index (χ3v) is 4.30. The van der Waals surface area contributed by atoms with E-state index in [2.05, 4.69) is 46.7 Å². The molecule has 0 radical (unpaired) electrons. The first-order chi connectivity index (χ1) is 11.7. The number of hydrogen-bond acceptors (Lipinski definition) is 3. The molecule has 0 aromatic heterocycles. The fourth-order valence-electron chi connectivity index (χ4n) is 3.05. The SMILES string of the molecule is COc1ccc(OC)c(Nc2[nH][nH]c3c4cc(C)ccc4cc2-3)c1. The van der Waals surface area contributed by atoms with E-state index in [4.69, 9.17) is 9.47 Å². The van der Waals surface area contributed by atoms with E-state index in [1.807, 2.05) is 18.2 Å². The van der Waals surface area contributed by atoms with Crippen molar-refractivity contribution in [1.29, 1.82) is 0 Å². The predicted molar refractivity (Wildman–Crippen MR) is 96.8 cm³/mol. The van der Waals surface area contributed by atoms with E-state index < -0.39 is 0 Å². The van der Waals surface area contributed by atoms with Gasteiger partial charge in [0.15, 0.2) is 0 Å². The number of benzene rings is 2. The van der Waals surface area contributed by atoms with Crippen LogP contribution in [0.1, 0.15) is 5.56 Å². The molecule has 0 amide bonds. The van der Waals surface area contributed by atoms with E-state index in [1.54, 1.807) is 14.2 Å². The van der Waals surface area contributed by atoms with Crippen LogP contribution in [0.4, 0.5) is 11.5 Å². The number of H-pyrrole nitrogens is 2. The lowest BCUT2D eigenvalue weighted by Crippen LogP contribution is -1.96. The van der Waals surface area contributed by atoms with Gasteiger partial charge in [0.25, 0.3) is 0 Å². The minimum absolute atomic E-state index is 0.755. The van der Waals surface area contributed by atoms with E-state index in [0.29, 0.717) is 0 Å². The van der Waals surface area contributed by atoms with Gasteiger partial charge in [-0.15, -0.1) is 0 Å². The van der Waals surface area contributed by atoms with Crippen LogP contribution in [-0.4, -0.2) is 24.4 Å². The quantitative estimate of drug-likeness (QED) is 0.512. The van der Waals surface area contributed by atoms with Crippen LogP contribution in [0.3, 0.4) is 0 Å². The molecule has 3 N–H and O–H groups in total. The minimum atomic E-state index is 0.755. The molecule has 24 heavy (non-hydrogen) atoms. The lowest BCUT2D eigenvalue weighted by molar-refractivity contribution is 0.405. The molecule has 122 valence electrons. The standard InChI is InChI=1S/C19H19N3O2/c1-11-4-5-12-9-15-18(14(12)8-11)21-22-19(15)20-16-10-13(23-2)6-7-17(16)24-3/h4-10,20-22H,1-3H3. The highest BCUT2D eigenvalue weighted by Crippen LogP contribution is 2.40. The van der Waals surface area contributed by atoms with Crippen LogP contribution in [0.5, 0.6) is 11.5 Å². The second-order valence-corrected chi connectivity index (χ2v) is 5.84. The molecule has 0 bridgehead atoms. The molecular weight excluding hydrogens is 302 g/mol. The molecule has 0 fully saturated rings. The number of aromatic nitrogens is 2. The Morgan fingerprint density at radius 3 is 2.58 bits per heavy atom. The van der Waals surface area contributed by atoms with Crippen LogP contribution >= 0.6 is 0 Å². The topological polar surface area (TPSA) is 62.1 Å². The van der Waals surface area contributed by atoms with Crippen molar-refractivity contribution in [3.05, 3.63) is 48.0 Å². The van der Waals surface area contributed by atoms with Crippen molar-refractivity contribution < 1.29 is 9.47 Å². The third-order valence-electron chi connectivity index (χ3n) is 4.30. The van der Waals surface area contributed by atoms with Gasteiger partial charge in [0.05, 0.1) is 25.6 Å². The van der Waals surface area contributed by atoms with Crippen molar-refractivity contribution in [2.75, 3.05) is 19.5 Å². The zero-order chi connectivity index (χ0) is 16.7. The summed E-state index contributed by atoms with van der Waals surface area (Å²) in [5.41, 5.74) is 4.29. The van der Waals surface area contributed by atoms with E-state index in [1.165, 1.54) is 16.3 Å². The molecule has 1 aliphatic heterocycles. The normalized spacial score (nSPS) is 11.1. The van der Waals surface area contributed by atoms with E-state index >= 15 is 0 Å². The van der Waals surface area contributed by atoms with Crippen LogP contribution in [0, 0.1) is 6.92 Å². The van der Waals surface area contributed by atoms with Crippen molar-refractivity contribution in [3.63, 3.8) is 0 Å². The maximum atomic E-state index is 5.44. The maximum absolute atomic E-state index is 5.44.